The summed E-state index contributed by atoms with van der Waals surface area (Å²) in [7, 11) is -4.74. The van der Waals surface area contributed by atoms with Crippen molar-refractivity contribution in [3.63, 3.8) is 0 Å². The largest absolute Gasteiger partial charge is 0.480 e. The molecule has 0 aromatic heterocycles. The van der Waals surface area contributed by atoms with Crippen LogP contribution in [0, 0.1) is 0 Å². The maximum atomic E-state index is 12.6. The third kappa shape index (κ3) is 39.7. The number of hydrogen-bond acceptors (Lipinski definition) is 10. The third-order valence-corrected chi connectivity index (χ3v) is 9.71. The predicted octanol–water partition coefficient (Wildman–Crippen LogP) is 10.1. The monoisotopic (exact) mass is 826 g/mol. The quantitative estimate of drug-likeness (QED) is 0.0199. The normalized spacial score (nSPS) is 14.9. The zero-order valence-corrected chi connectivity index (χ0v) is 35.9. The van der Waals surface area contributed by atoms with Crippen LogP contribution in [0.5, 0.6) is 0 Å². The number of rotatable bonds is 39. The van der Waals surface area contributed by atoms with Crippen molar-refractivity contribution in [3.05, 3.63) is 60.8 Å². The van der Waals surface area contributed by atoms with Crippen molar-refractivity contribution in [2.24, 2.45) is 5.73 Å². The Bertz CT molecular complexity index is 1210. The Morgan fingerprint density at radius 3 is 1.63 bits per heavy atom. The zero-order valence-electron chi connectivity index (χ0n) is 35.0. The lowest BCUT2D eigenvalue weighted by molar-refractivity contribution is -0.161. The van der Waals surface area contributed by atoms with Crippen molar-refractivity contribution >= 4 is 25.7 Å². The number of unbranched alkanes of at least 4 members (excludes halogenated alkanes) is 13. The summed E-state index contributed by atoms with van der Waals surface area (Å²) in [6.45, 7) is 2.26. The minimum absolute atomic E-state index is 0.0704. The summed E-state index contributed by atoms with van der Waals surface area (Å²) in [5, 5.41) is 18.1. The Hall–Kier alpha value is -2.86. The lowest BCUT2D eigenvalue weighted by Gasteiger charge is -2.20. The molecule has 0 aliphatic carbocycles. The number of carboxylic acid groups (broad SMARTS) is 1. The molecule has 0 aromatic carbocycles. The van der Waals surface area contributed by atoms with Crippen LogP contribution < -0.4 is 5.73 Å². The zero-order chi connectivity index (χ0) is 42.2. The number of esters is 2. The smallest absolute Gasteiger partial charge is 0.472 e. The highest BCUT2D eigenvalue weighted by Crippen LogP contribution is 2.43. The van der Waals surface area contributed by atoms with Gasteiger partial charge in [0.15, 0.2) is 6.10 Å². The predicted molar refractivity (Wildman–Crippen MR) is 227 cm³/mol. The second kappa shape index (κ2) is 38.6. The van der Waals surface area contributed by atoms with Crippen LogP contribution in [0.4, 0.5) is 0 Å². The molecule has 0 fully saturated rings. The Balaban J connectivity index is 4.49. The molecule has 0 aliphatic heterocycles. The molecule has 0 heterocycles. The summed E-state index contributed by atoms with van der Waals surface area (Å²) in [6, 6.07) is -1.54. The van der Waals surface area contributed by atoms with Crippen LogP contribution >= 0.6 is 7.82 Å². The minimum atomic E-state index is -4.74. The Morgan fingerprint density at radius 1 is 0.614 bits per heavy atom. The van der Waals surface area contributed by atoms with E-state index in [1.807, 2.05) is 19.1 Å². The molecule has 0 rings (SSSR count). The summed E-state index contributed by atoms with van der Waals surface area (Å²) >= 11 is 0. The highest BCUT2D eigenvalue weighted by molar-refractivity contribution is 7.47. The molecule has 0 saturated carbocycles. The summed E-state index contributed by atoms with van der Waals surface area (Å²) < 4.78 is 32.6. The van der Waals surface area contributed by atoms with Gasteiger partial charge >= 0.3 is 25.7 Å². The second-order valence-corrected chi connectivity index (χ2v) is 15.9. The summed E-state index contributed by atoms with van der Waals surface area (Å²) in [6.07, 6.45) is 41.4. The van der Waals surface area contributed by atoms with E-state index in [-0.39, 0.29) is 25.6 Å². The summed E-state index contributed by atoms with van der Waals surface area (Å²) in [5.41, 5.74) is 5.32. The first kappa shape index (κ1) is 54.1. The highest BCUT2D eigenvalue weighted by atomic mass is 31.2. The lowest BCUT2D eigenvalue weighted by Crippen LogP contribution is -2.34. The number of phosphoric ester groups is 1. The fourth-order valence-corrected chi connectivity index (χ4v) is 6.14. The summed E-state index contributed by atoms with van der Waals surface area (Å²) in [4.78, 5) is 45.9. The molecular formula is C44H76NO11P. The number of carbonyl (C=O) groups is 3. The van der Waals surface area contributed by atoms with Crippen LogP contribution in [0.1, 0.15) is 162 Å². The molecule has 0 amide bonds. The van der Waals surface area contributed by atoms with Gasteiger partial charge < -0.3 is 30.3 Å². The van der Waals surface area contributed by atoms with Gasteiger partial charge in [-0.3, -0.25) is 23.4 Å². The van der Waals surface area contributed by atoms with E-state index >= 15 is 0 Å². The number of aliphatic carboxylic acids is 1. The number of nitrogens with two attached hydrogens (primary N) is 1. The standard InChI is InChI=1S/C44H76NO11P/c1-3-4-5-6-7-8-9-10-12-16-19-22-25-28-31-34-42(47)53-36-40(37-54-57(51,52)55-38-41(45)44(49)50)56-43(48)35-32-29-26-23-20-17-14-11-13-15-18-21-24-27-30-33-39(2)46/h8-9,13-15,17,21,23-24,26,39-41,46H,3-7,10-12,16,18-20,22,25,27-38,45H2,1-2H3,(H,49,50)(H,51,52)/b9-8-,15-13-,17-14-,24-21-,26-23-/t39-,40+,41-/m0/s1. The number of aliphatic hydroxyl groups excluding tert-OH is 1. The van der Waals surface area contributed by atoms with Crippen molar-refractivity contribution in [2.45, 2.75) is 180 Å². The molecule has 0 saturated heterocycles. The van der Waals surface area contributed by atoms with E-state index in [1.165, 1.54) is 51.4 Å². The highest BCUT2D eigenvalue weighted by Gasteiger charge is 2.28. The first-order valence-corrected chi connectivity index (χ1v) is 22.8. The molecule has 0 aliphatic rings. The lowest BCUT2D eigenvalue weighted by atomic mass is 10.1. The minimum Gasteiger partial charge on any atom is -0.480 e. The number of carboxylic acids is 1. The number of hydrogen-bond donors (Lipinski definition) is 4. The molecule has 0 aromatic rings. The fraction of sp³-hybridized carbons (Fsp3) is 0.705. The van der Waals surface area contributed by atoms with Gasteiger partial charge in [-0.1, -0.05) is 119 Å². The van der Waals surface area contributed by atoms with Crippen LogP contribution in [0.25, 0.3) is 0 Å². The number of allylic oxidation sites excluding steroid dienone is 10. The molecule has 328 valence electrons. The van der Waals surface area contributed by atoms with Crippen molar-refractivity contribution < 1.29 is 52.6 Å². The van der Waals surface area contributed by atoms with Gasteiger partial charge in [0, 0.05) is 12.8 Å². The van der Waals surface area contributed by atoms with Gasteiger partial charge in [0.25, 0.3) is 0 Å². The Kier molecular flexibility index (Phi) is 36.7. The molecule has 0 spiro atoms. The number of aliphatic hydroxyl groups is 1. The fourth-order valence-electron chi connectivity index (χ4n) is 5.36. The van der Waals surface area contributed by atoms with E-state index in [0.29, 0.717) is 19.3 Å². The molecule has 13 heteroatoms. The average Bonchev–Trinajstić information content (AvgIpc) is 3.17. The van der Waals surface area contributed by atoms with Gasteiger partial charge in [0.2, 0.25) is 0 Å². The van der Waals surface area contributed by atoms with Crippen molar-refractivity contribution in [3.8, 4) is 0 Å². The molecule has 57 heavy (non-hydrogen) atoms. The van der Waals surface area contributed by atoms with E-state index in [1.54, 1.807) is 0 Å². The van der Waals surface area contributed by atoms with Crippen LogP contribution in [0.2, 0.25) is 0 Å². The maximum Gasteiger partial charge on any atom is 0.472 e. The van der Waals surface area contributed by atoms with E-state index in [9.17, 15) is 28.9 Å². The molecular weight excluding hydrogens is 749 g/mol. The molecule has 0 radical (unpaired) electrons. The third-order valence-electron chi connectivity index (χ3n) is 8.76. The number of ether oxygens (including phenoxy) is 2. The molecule has 12 nitrogen and oxygen atoms in total. The second-order valence-electron chi connectivity index (χ2n) is 14.4. The van der Waals surface area contributed by atoms with Gasteiger partial charge in [0.1, 0.15) is 12.6 Å². The Morgan fingerprint density at radius 2 is 1.07 bits per heavy atom. The number of phosphoric acid groups is 1. The van der Waals surface area contributed by atoms with E-state index in [4.69, 9.17) is 24.8 Å². The first-order chi connectivity index (χ1) is 27.5. The van der Waals surface area contributed by atoms with E-state index in [2.05, 4.69) is 60.1 Å². The molecule has 5 N–H and O–H groups in total. The van der Waals surface area contributed by atoms with Crippen molar-refractivity contribution in [1.82, 2.24) is 0 Å². The van der Waals surface area contributed by atoms with Gasteiger partial charge in [-0.05, 0) is 90.4 Å². The average molecular weight is 826 g/mol. The van der Waals surface area contributed by atoms with E-state index < -0.39 is 51.1 Å². The topological polar surface area (TPSA) is 192 Å². The molecule has 4 atom stereocenters. The Labute approximate surface area is 343 Å². The first-order valence-electron chi connectivity index (χ1n) is 21.3. The molecule has 1 unspecified atom stereocenters. The van der Waals surface area contributed by atoms with Crippen molar-refractivity contribution in [2.75, 3.05) is 19.8 Å². The van der Waals surface area contributed by atoms with Gasteiger partial charge in [-0.15, -0.1) is 0 Å². The van der Waals surface area contributed by atoms with Crippen LogP contribution in [0.3, 0.4) is 0 Å². The van der Waals surface area contributed by atoms with Gasteiger partial charge in [0.05, 0.1) is 19.3 Å². The van der Waals surface area contributed by atoms with Gasteiger partial charge in [-0.2, -0.15) is 0 Å². The van der Waals surface area contributed by atoms with Crippen molar-refractivity contribution in [1.29, 1.82) is 0 Å². The van der Waals surface area contributed by atoms with Crippen LogP contribution in [0.15, 0.2) is 60.8 Å². The van der Waals surface area contributed by atoms with E-state index in [0.717, 1.165) is 64.2 Å². The van der Waals surface area contributed by atoms with Gasteiger partial charge in [-0.25, -0.2) is 4.57 Å². The maximum absolute atomic E-state index is 12.6. The number of carbonyl (C=O) groups excluding carboxylic acids is 2. The molecule has 0 bridgehead atoms. The SMILES string of the molecule is CCCCCC/C=C\CCCCCCCCCC(=O)OC[C@H](COP(=O)(O)OC[C@H](N)C(=O)O)OC(=O)CCC/C=C\C/C=C\C/C=C\C/C=C\CCC[C@H](C)O. The summed E-state index contributed by atoms with van der Waals surface area (Å²) in [5.74, 6) is -2.48. The van der Waals surface area contributed by atoms with Crippen LogP contribution in [-0.4, -0.2) is 71.1 Å². The van der Waals surface area contributed by atoms with Crippen LogP contribution in [-0.2, 0) is 37.5 Å².